The number of thiazole rings is 1. The third-order valence-electron chi connectivity index (χ3n) is 4.35. The highest BCUT2D eigenvalue weighted by atomic mass is 32.1. The van der Waals surface area contributed by atoms with Crippen LogP contribution in [0, 0.1) is 6.92 Å². The number of fused-ring (bicyclic) bond motifs is 1. The summed E-state index contributed by atoms with van der Waals surface area (Å²) in [5.41, 5.74) is 4.25. The van der Waals surface area contributed by atoms with Crippen LogP contribution in [0.15, 0.2) is 48.9 Å². The first kappa shape index (κ1) is 17.4. The largest absolute Gasteiger partial charge is 0.351 e. The van der Waals surface area contributed by atoms with Crippen LogP contribution >= 0.6 is 11.3 Å². The van der Waals surface area contributed by atoms with Crippen LogP contribution in [0.2, 0.25) is 0 Å². The van der Waals surface area contributed by atoms with Gasteiger partial charge in [0.2, 0.25) is 0 Å². The summed E-state index contributed by atoms with van der Waals surface area (Å²) in [5, 5.41) is 11.7. The number of pyridine rings is 1. The molecule has 0 atom stereocenters. The molecule has 0 fully saturated rings. The van der Waals surface area contributed by atoms with E-state index in [1.165, 1.54) is 16.9 Å². The minimum atomic E-state index is -0.0434. The molecule has 3 heterocycles. The molecule has 0 spiro atoms. The summed E-state index contributed by atoms with van der Waals surface area (Å²) in [5.74, 6) is -0.0434. The highest BCUT2D eigenvalue weighted by Crippen LogP contribution is 2.22. The molecular formula is C20H19N5OS. The lowest BCUT2D eigenvalue weighted by Gasteiger charge is -2.06. The van der Waals surface area contributed by atoms with Gasteiger partial charge in [-0.25, -0.2) is 9.97 Å². The van der Waals surface area contributed by atoms with Crippen LogP contribution < -0.4 is 5.32 Å². The average molecular weight is 377 g/mol. The molecule has 0 unspecified atom stereocenters. The highest BCUT2D eigenvalue weighted by Gasteiger charge is 2.08. The van der Waals surface area contributed by atoms with E-state index in [0.29, 0.717) is 11.4 Å². The Morgan fingerprint density at radius 3 is 2.74 bits per heavy atom. The second-order valence-electron chi connectivity index (χ2n) is 6.33. The maximum atomic E-state index is 12.0. The van der Waals surface area contributed by atoms with Crippen molar-refractivity contribution in [2.45, 2.75) is 19.8 Å². The van der Waals surface area contributed by atoms with Crippen LogP contribution in [0.4, 0.5) is 0 Å². The summed E-state index contributed by atoms with van der Waals surface area (Å²) >= 11 is 1.42. The number of H-pyrrole nitrogens is 1. The molecule has 0 aliphatic heterocycles. The molecule has 0 saturated heterocycles. The number of benzene rings is 1. The molecule has 2 N–H and O–H groups in total. The first-order chi connectivity index (χ1) is 13.2. The molecule has 136 valence electrons. The Hall–Kier alpha value is -3.06. The zero-order valence-electron chi connectivity index (χ0n) is 14.9. The van der Waals surface area contributed by atoms with Crippen molar-refractivity contribution in [3.05, 3.63) is 64.4 Å². The number of aromatic nitrogens is 4. The number of hydrogen-bond acceptors (Lipinski definition) is 5. The Bertz CT molecular complexity index is 1070. The molecule has 0 saturated carbocycles. The van der Waals surface area contributed by atoms with Crippen molar-refractivity contribution in [1.29, 1.82) is 0 Å². The lowest BCUT2D eigenvalue weighted by Crippen LogP contribution is -2.23. The molecule has 1 aromatic carbocycles. The van der Waals surface area contributed by atoms with Crippen LogP contribution in [-0.2, 0) is 6.42 Å². The average Bonchev–Trinajstić information content (AvgIpc) is 3.33. The van der Waals surface area contributed by atoms with Crippen molar-refractivity contribution in [2.24, 2.45) is 0 Å². The van der Waals surface area contributed by atoms with E-state index in [1.54, 1.807) is 12.4 Å². The van der Waals surface area contributed by atoms with Crippen LogP contribution in [0.25, 0.3) is 22.2 Å². The molecule has 0 aliphatic carbocycles. The molecule has 4 rings (SSSR count). The smallest absolute Gasteiger partial charge is 0.263 e. The van der Waals surface area contributed by atoms with Gasteiger partial charge in [0.05, 0.1) is 17.4 Å². The van der Waals surface area contributed by atoms with E-state index in [4.69, 9.17) is 0 Å². The fourth-order valence-corrected chi connectivity index (χ4v) is 3.60. The summed E-state index contributed by atoms with van der Waals surface area (Å²) in [6, 6.07) is 10.6. The van der Waals surface area contributed by atoms with E-state index in [0.717, 1.165) is 40.0 Å². The summed E-state index contributed by atoms with van der Waals surface area (Å²) < 4.78 is 0. The fourth-order valence-electron chi connectivity index (χ4n) is 2.91. The Labute approximate surface area is 160 Å². The monoisotopic (exact) mass is 377 g/mol. The quantitative estimate of drug-likeness (QED) is 0.501. The molecule has 1 amide bonds. The van der Waals surface area contributed by atoms with E-state index >= 15 is 0 Å². The number of aromatic amines is 1. The first-order valence-electron chi connectivity index (χ1n) is 8.78. The Morgan fingerprint density at radius 1 is 1.11 bits per heavy atom. The number of aryl methyl sites for hydroxylation is 2. The zero-order chi connectivity index (χ0) is 18.6. The number of carbonyl (C=O) groups is 1. The van der Waals surface area contributed by atoms with Gasteiger partial charge in [0.15, 0.2) is 5.65 Å². The summed E-state index contributed by atoms with van der Waals surface area (Å²) in [4.78, 5) is 21.1. The van der Waals surface area contributed by atoms with Gasteiger partial charge in [-0.2, -0.15) is 5.10 Å². The lowest BCUT2D eigenvalue weighted by molar-refractivity contribution is 0.0957. The second kappa shape index (κ2) is 7.67. The second-order valence-corrected chi connectivity index (χ2v) is 7.57. The normalized spacial score (nSPS) is 11.0. The molecule has 6 nitrogen and oxygen atoms in total. The van der Waals surface area contributed by atoms with Gasteiger partial charge in [0.1, 0.15) is 4.88 Å². The minimum Gasteiger partial charge on any atom is -0.351 e. The topological polar surface area (TPSA) is 83.6 Å². The minimum absolute atomic E-state index is 0.0434. The molecule has 0 aliphatic rings. The number of rotatable bonds is 6. The van der Waals surface area contributed by atoms with Gasteiger partial charge in [0.25, 0.3) is 5.91 Å². The van der Waals surface area contributed by atoms with Gasteiger partial charge in [-0.15, -0.1) is 11.3 Å². The third-order valence-corrected chi connectivity index (χ3v) is 5.26. The Morgan fingerprint density at radius 2 is 1.96 bits per heavy atom. The maximum absolute atomic E-state index is 12.0. The fraction of sp³-hybridized carbons (Fsp3) is 0.200. The van der Waals surface area contributed by atoms with Crippen LogP contribution in [-0.4, -0.2) is 32.6 Å². The standard InChI is InChI=1S/C20H19N5OS/c1-13-22-12-18(27-13)20(26)21-8-2-3-14-4-6-15(7-5-14)16-9-17-11-24-25-19(17)23-10-16/h4-7,9-12H,2-3,8H2,1H3,(H,21,26)(H,23,24,25). The number of nitrogens with zero attached hydrogens (tertiary/aromatic N) is 3. The van der Waals surface area contributed by atoms with E-state index in [9.17, 15) is 4.79 Å². The van der Waals surface area contributed by atoms with Crippen molar-refractivity contribution in [3.63, 3.8) is 0 Å². The van der Waals surface area contributed by atoms with Gasteiger partial charge in [-0.05, 0) is 37.0 Å². The van der Waals surface area contributed by atoms with E-state index in [-0.39, 0.29) is 5.91 Å². The number of carbonyl (C=O) groups excluding carboxylic acids is 1. The van der Waals surface area contributed by atoms with Crippen LogP contribution in [0.1, 0.15) is 26.7 Å². The third kappa shape index (κ3) is 4.03. The van der Waals surface area contributed by atoms with E-state index < -0.39 is 0 Å². The van der Waals surface area contributed by atoms with Gasteiger partial charge in [-0.1, -0.05) is 24.3 Å². The van der Waals surface area contributed by atoms with Crippen molar-refractivity contribution >= 4 is 28.3 Å². The van der Waals surface area contributed by atoms with Crippen LogP contribution in [0.3, 0.4) is 0 Å². The Kier molecular flexibility index (Phi) is 4.93. The lowest BCUT2D eigenvalue weighted by atomic mass is 10.0. The number of nitrogens with one attached hydrogen (secondary N) is 2. The SMILES string of the molecule is Cc1ncc(C(=O)NCCCc2ccc(-c3cnc4[nH]ncc4c3)cc2)s1. The highest BCUT2D eigenvalue weighted by molar-refractivity contribution is 7.13. The predicted octanol–water partition coefficient (Wildman–Crippen LogP) is 3.75. The first-order valence-corrected chi connectivity index (χ1v) is 9.60. The summed E-state index contributed by atoms with van der Waals surface area (Å²) in [6.45, 7) is 2.55. The predicted molar refractivity (Wildman–Crippen MR) is 107 cm³/mol. The molecule has 4 aromatic rings. The molecule has 3 aromatic heterocycles. The van der Waals surface area contributed by atoms with Gasteiger partial charge in [-0.3, -0.25) is 9.89 Å². The van der Waals surface area contributed by atoms with Crippen LogP contribution in [0.5, 0.6) is 0 Å². The Balaban J connectivity index is 1.30. The molecule has 0 bridgehead atoms. The van der Waals surface area contributed by atoms with Crippen molar-refractivity contribution < 1.29 is 4.79 Å². The number of hydrogen-bond donors (Lipinski definition) is 2. The molecular weight excluding hydrogens is 358 g/mol. The summed E-state index contributed by atoms with van der Waals surface area (Å²) in [7, 11) is 0. The molecule has 0 radical (unpaired) electrons. The molecule has 7 heteroatoms. The number of amides is 1. The van der Waals surface area contributed by atoms with Crippen molar-refractivity contribution in [3.8, 4) is 11.1 Å². The van der Waals surface area contributed by atoms with Gasteiger partial charge in [0, 0.05) is 23.7 Å². The van der Waals surface area contributed by atoms with Crippen molar-refractivity contribution in [1.82, 2.24) is 25.5 Å². The van der Waals surface area contributed by atoms with E-state index in [2.05, 4.69) is 55.8 Å². The van der Waals surface area contributed by atoms with E-state index in [1.807, 2.05) is 13.1 Å². The van der Waals surface area contributed by atoms with Gasteiger partial charge < -0.3 is 5.32 Å². The summed E-state index contributed by atoms with van der Waals surface area (Å²) in [6.07, 6.45) is 7.07. The maximum Gasteiger partial charge on any atom is 0.263 e. The molecule has 27 heavy (non-hydrogen) atoms. The zero-order valence-corrected chi connectivity index (χ0v) is 15.7. The van der Waals surface area contributed by atoms with Crippen molar-refractivity contribution in [2.75, 3.05) is 6.54 Å². The van der Waals surface area contributed by atoms with Gasteiger partial charge >= 0.3 is 0 Å².